The van der Waals surface area contributed by atoms with Crippen LogP contribution in [0.15, 0.2) is 115 Å². The van der Waals surface area contributed by atoms with E-state index >= 15 is 0 Å². The zero-order valence-corrected chi connectivity index (χ0v) is 66.9. The van der Waals surface area contributed by atoms with Crippen LogP contribution in [0.1, 0.15) is 159 Å². The van der Waals surface area contributed by atoms with E-state index in [0.717, 1.165) is 32.8 Å². The number of thiazole rings is 1. The Bertz CT molecular complexity index is 3880. The molecule has 111 heavy (non-hydrogen) atoms. The Morgan fingerprint density at radius 1 is 0.676 bits per heavy atom. The van der Waals surface area contributed by atoms with Crippen LogP contribution in [-0.4, -0.2) is 189 Å². The minimum Gasteiger partial charge on any atom is -0.449 e. The van der Waals surface area contributed by atoms with E-state index in [2.05, 4.69) is 70.3 Å². The number of methoxy groups -OCH3 is 2. The fourth-order valence-electron chi connectivity index (χ4n) is 14.2. The summed E-state index contributed by atoms with van der Waals surface area (Å²) in [4.78, 5) is 158. The van der Waals surface area contributed by atoms with Crippen LogP contribution in [0.3, 0.4) is 0 Å². The highest BCUT2D eigenvalue weighted by Crippen LogP contribution is 2.44. The third kappa shape index (κ3) is 25.2. The number of unbranched alkanes of at least 4 members (excludes halogenated alkanes) is 1. The van der Waals surface area contributed by atoms with E-state index in [1.54, 1.807) is 77.2 Å². The van der Waals surface area contributed by atoms with Crippen molar-refractivity contribution in [2.24, 2.45) is 29.4 Å². The summed E-state index contributed by atoms with van der Waals surface area (Å²) in [5, 5.41) is 30.0. The third-order valence-corrected chi connectivity index (χ3v) is 21.5. The van der Waals surface area contributed by atoms with Gasteiger partial charge in [0.1, 0.15) is 47.9 Å². The van der Waals surface area contributed by atoms with Crippen molar-refractivity contribution in [2.75, 3.05) is 59.9 Å². The quantitative estimate of drug-likeness (QED) is 0.0164. The molecule has 5 aromatic rings. The van der Waals surface area contributed by atoms with Crippen molar-refractivity contribution >= 4 is 82.6 Å². The van der Waals surface area contributed by atoms with Gasteiger partial charge < -0.3 is 87.6 Å². The minimum absolute atomic E-state index is 0.0224. The maximum absolute atomic E-state index is 14.8. The maximum atomic E-state index is 14.8. The van der Waals surface area contributed by atoms with Crippen molar-refractivity contribution < 1.29 is 71.7 Å². The number of anilines is 1. The molecule has 0 bridgehead atoms. The summed E-state index contributed by atoms with van der Waals surface area (Å²) in [6, 6.07) is 24.7. The van der Waals surface area contributed by atoms with Gasteiger partial charge in [-0.05, 0) is 128 Å². The number of nitrogens with one attached hydrogen (secondary N) is 10. The Morgan fingerprint density at radius 3 is 1.91 bits per heavy atom. The highest BCUT2D eigenvalue weighted by atomic mass is 32.1. The second-order valence-corrected chi connectivity index (χ2v) is 30.6. The third-order valence-electron chi connectivity index (χ3n) is 20.6. The van der Waals surface area contributed by atoms with Crippen LogP contribution in [0.4, 0.5) is 24.9 Å². The molecule has 1 aliphatic carbocycles. The van der Waals surface area contributed by atoms with E-state index in [-0.39, 0.29) is 81.7 Å². The summed E-state index contributed by atoms with van der Waals surface area (Å²) in [6.45, 7) is 16.3. The molecule has 1 aromatic heterocycles. The lowest BCUT2D eigenvalue weighted by molar-refractivity contribution is -0.148. The van der Waals surface area contributed by atoms with Gasteiger partial charge in [-0.2, -0.15) is 0 Å². The second kappa shape index (κ2) is 42.8. The molecular formula is C81H114N14O15S. The number of aromatic nitrogens is 1. The normalized spacial score (nSPS) is 15.9. The van der Waals surface area contributed by atoms with Gasteiger partial charge in [0.15, 0.2) is 0 Å². The predicted octanol–water partition coefficient (Wildman–Crippen LogP) is 8.33. The largest absolute Gasteiger partial charge is 0.449 e. The number of hydrogen-bond acceptors (Lipinski definition) is 17. The van der Waals surface area contributed by atoms with Gasteiger partial charge in [-0.3, -0.25) is 33.6 Å². The van der Waals surface area contributed by atoms with Crippen LogP contribution >= 0.6 is 11.3 Å². The number of benzene rings is 4. The lowest BCUT2D eigenvalue weighted by atomic mass is 9.89. The number of urea groups is 2. The van der Waals surface area contributed by atoms with Gasteiger partial charge in [-0.25, -0.2) is 24.2 Å². The summed E-state index contributed by atoms with van der Waals surface area (Å²) in [7, 11) is 6.08. The highest BCUT2D eigenvalue weighted by Gasteiger charge is 2.45. The van der Waals surface area contributed by atoms with Crippen molar-refractivity contribution in [1.82, 2.24) is 62.6 Å². The van der Waals surface area contributed by atoms with Crippen molar-refractivity contribution in [3.63, 3.8) is 0 Å². The average molecular weight is 1560 g/mol. The smallest absolute Gasteiger partial charge is 0.408 e. The summed E-state index contributed by atoms with van der Waals surface area (Å²) < 4.78 is 23.4. The fraction of sp³-hybridized carbons (Fsp3) is 0.531. The van der Waals surface area contributed by atoms with Crippen molar-refractivity contribution in [1.29, 1.82) is 0 Å². The first-order chi connectivity index (χ1) is 53.0. The van der Waals surface area contributed by atoms with Gasteiger partial charge >= 0.3 is 24.2 Å². The number of hydrogen-bond donors (Lipinski definition) is 11. The Labute approximate surface area is 655 Å². The van der Waals surface area contributed by atoms with Crippen LogP contribution < -0.4 is 58.9 Å². The van der Waals surface area contributed by atoms with Crippen LogP contribution in [0.2, 0.25) is 0 Å². The maximum Gasteiger partial charge on any atom is 0.408 e. The molecule has 7 rings (SSSR count). The molecule has 2 aliphatic rings. The number of likely N-dealkylation sites (N-methyl/N-ethyl adjacent to an activating group) is 1. The van der Waals surface area contributed by atoms with Gasteiger partial charge in [0, 0.05) is 71.1 Å². The minimum atomic E-state index is -1.61. The fourth-order valence-corrected chi connectivity index (χ4v) is 14.9. The molecular weight excluding hydrogens is 1440 g/mol. The molecule has 0 spiro atoms. The molecule has 0 radical (unpaired) electrons. The molecule has 604 valence electrons. The number of nitrogens with zero attached hydrogens (tertiary/aromatic N) is 3. The first kappa shape index (κ1) is 88.0. The second-order valence-electron chi connectivity index (χ2n) is 29.7. The molecule has 0 unspecified atom stereocenters. The zero-order chi connectivity index (χ0) is 81.1. The number of fused-ring (bicyclic) bond motifs is 3. The van der Waals surface area contributed by atoms with E-state index in [1.807, 2.05) is 92.9 Å². The van der Waals surface area contributed by atoms with E-state index in [0.29, 0.717) is 56.3 Å². The van der Waals surface area contributed by atoms with Gasteiger partial charge in [-0.15, -0.1) is 11.3 Å². The van der Waals surface area contributed by atoms with Crippen LogP contribution in [0.25, 0.3) is 11.1 Å². The Morgan fingerprint density at radius 2 is 1.31 bits per heavy atom. The van der Waals surface area contributed by atoms with Crippen molar-refractivity contribution in [3.8, 4) is 11.1 Å². The lowest BCUT2D eigenvalue weighted by Gasteiger charge is -2.41. The molecule has 1 aliphatic heterocycles. The SMILES string of the molecule is CC[C@H](C)[C@@H]([C@@H](CC(=O)N1CCC[C@H]1[C@H](OC)[C@@H](C)C(=O)N[C@@H](Cc1ccccc1)c1nccs1)OC)N(C)C(=O)[C@@H](NC(=O)C(C)(C)NC(=O)OCc1ccc(NC(=O)[C@H](CCCNC(N)=O)NC(=O)[C@@H](NC(=O)[C@H](CCCCNC(=O)OCC2c3ccccc3-c3ccccc32)NC(=O)NC)C(C)C)cc1)C(C)C. The predicted molar refractivity (Wildman–Crippen MR) is 422 cm³/mol. The Kier molecular flexibility index (Phi) is 34.0. The average Bonchev–Trinajstić information content (AvgIpc) is 1.59. The lowest BCUT2D eigenvalue weighted by Crippen LogP contribution is -2.62. The number of primary amides is 1. The highest BCUT2D eigenvalue weighted by molar-refractivity contribution is 7.09. The number of rotatable bonds is 41. The molecule has 13 amide bonds. The van der Waals surface area contributed by atoms with Gasteiger partial charge in [0.05, 0.1) is 42.7 Å². The molecule has 4 aromatic carbocycles. The summed E-state index contributed by atoms with van der Waals surface area (Å²) in [5.74, 6) is -5.48. The van der Waals surface area contributed by atoms with Gasteiger partial charge in [0.2, 0.25) is 41.4 Å². The number of amides is 13. The Hall–Kier alpha value is -10.2. The molecule has 12 N–H and O–H groups in total. The number of carbonyl (C=O) groups excluding carboxylic acids is 11. The van der Waals surface area contributed by atoms with E-state index in [9.17, 15) is 52.7 Å². The molecule has 1 saturated heterocycles. The Balaban J connectivity index is 0.894. The summed E-state index contributed by atoms with van der Waals surface area (Å²) >= 11 is 1.46. The van der Waals surface area contributed by atoms with Crippen molar-refractivity contribution in [2.45, 2.75) is 199 Å². The molecule has 0 saturated carbocycles. The van der Waals surface area contributed by atoms with E-state index in [4.69, 9.17) is 24.7 Å². The molecule has 30 heteroatoms. The summed E-state index contributed by atoms with van der Waals surface area (Å²) in [6.07, 6.45) is 2.27. The van der Waals surface area contributed by atoms with Gasteiger partial charge in [-0.1, -0.05) is 146 Å². The zero-order valence-electron chi connectivity index (χ0n) is 66.1. The molecule has 2 heterocycles. The number of carbonyl (C=O) groups is 11. The monoisotopic (exact) mass is 1550 g/mol. The van der Waals surface area contributed by atoms with E-state index in [1.165, 1.54) is 44.2 Å². The number of nitrogens with two attached hydrogens (primary N) is 1. The molecule has 1 fully saturated rings. The molecule has 29 nitrogen and oxygen atoms in total. The first-order valence-electron chi connectivity index (χ1n) is 38.2. The number of ether oxygens (including phenoxy) is 4. The number of likely N-dealkylation sites (tertiary alicyclic amines) is 1. The van der Waals surface area contributed by atoms with Crippen LogP contribution in [-0.2, 0) is 65.5 Å². The first-order valence-corrected chi connectivity index (χ1v) is 39.1. The topological polar surface area (TPSA) is 390 Å². The number of alkyl carbamates (subject to hydrolysis) is 2. The van der Waals surface area contributed by atoms with Gasteiger partial charge in [0.25, 0.3) is 0 Å². The standard InChI is InChI=1S/C81H114N14O15S/c1-14-50(6)68(64(107-12)45-65(96)95-42-25-34-63(95)69(108-13)51(7)70(97)89-62(74-84-41-43-111-74)44-52-26-16-15-17-27-52)94(11)75(101)67(49(4)5)92-76(102)81(8,9)93-80(106)109-46-53-35-37-54(38-36-53)87-71(98)60(33-24-40-85-77(82)103)88-73(100)66(48(2)3)91-72(99)61(90-78(104)83-10)32-22-23-39-86-79(105)110-47-59-57-30-20-18-28-55(57)56-29-19-21-31-58(56)59/h15-21,26-31,35-38,41,43,48-51,59-64,66-69H,14,22-25,32-34,39-40,42,44-47H2,1-13H3,(H,86,105)(H,87,98)(H,88,100)(H,89,97)(H,91,99)(H,92,102)(H,93,106)(H3,82,85,103)(H2,83,90,104)/t50-,51+,60-,61-,62-,63-,64+,66-,67-,68-,69+/m0/s1. The van der Waals surface area contributed by atoms with Crippen molar-refractivity contribution in [3.05, 3.63) is 142 Å². The van der Waals surface area contributed by atoms with Crippen LogP contribution in [0, 0.1) is 23.7 Å². The van der Waals surface area contributed by atoms with Crippen LogP contribution in [0.5, 0.6) is 0 Å². The van der Waals surface area contributed by atoms with E-state index < -0.39 is 126 Å². The molecule has 11 atom stereocenters. The summed E-state index contributed by atoms with van der Waals surface area (Å²) in [5.41, 5.74) is 9.89.